The number of amidine groups is 1. The second kappa shape index (κ2) is 10.7. The normalized spacial score (nSPS) is 15.9. The summed E-state index contributed by atoms with van der Waals surface area (Å²) in [6.45, 7) is 0.414. The number of thioether (sulfide) groups is 1. The molecule has 7 heteroatoms. The van der Waals surface area contributed by atoms with Crippen molar-refractivity contribution >= 4 is 34.9 Å². The quantitative estimate of drug-likeness (QED) is 0.484. The molecule has 0 aliphatic carbocycles. The molecule has 0 unspecified atom stereocenters. The highest BCUT2D eigenvalue weighted by Crippen LogP contribution is 2.34. The van der Waals surface area contributed by atoms with Crippen LogP contribution in [-0.2, 0) is 22.7 Å². The minimum Gasteiger partial charge on any atom is -0.546 e. The first-order chi connectivity index (χ1) is 16.1. The highest BCUT2D eigenvalue weighted by molar-refractivity contribution is 8.18. The fourth-order valence-corrected chi connectivity index (χ4v) is 4.20. The van der Waals surface area contributed by atoms with Crippen LogP contribution >= 0.6 is 11.8 Å². The van der Waals surface area contributed by atoms with Crippen molar-refractivity contribution in [1.82, 2.24) is 4.90 Å². The van der Waals surface area contributed by atoms with E-state index in [1.54, 1.807) is 35.2 Å². The molecule has 1 saturated heterocycles. The van der Waals surface area contributed by atoms with Crippen LogP contribution in [0.2, 0.25) is 0 Å². The molecule has 1 heterocycles. The molecular weight excluding hydrogens is 436 g/mol. The number of benzene rings is 3. The van der Waals surface area contributed by atoms with Gasteiger partial charge < -0.3 is 14.6 Å². The fraction of sp³-hybridized carbons (Fsp3) is 0.115. The summed E-state index contributed by atoms with van der Waals surface area (Å²) in [7, 11) is 0. The van der Waals surface area contributed by atoms with E-state index in [9.17, 15) is 14.7 Å². The van der Waals surface area contributed by atoms with Gasteiger partial charge in [-0.25, -0.2) is 0 Å². The molecule has 0 saturated carbocycles. The number of carbonyl (C=O) groups is 2. The van der Waals surface area contributed by atoms with Crippen LogP contribution in [0.4, 0.5) is 0 Å². The van der Waals surface area contributed by atoms with Crippen LogP contribution in [-0.4, -0.2) is 28.6 Å². The van der Waals surface area contributed by atoms with Crippen LogP contribution in [0.5, 0.6) is 5.75 Å². The number of nitrogens with zero attached hydrogens (tertiary/aromatic N) is 2. The third-order valence-corrected chi connectivity index (χ3v) is 5.89. The predicted octanol–water partition coefficient (Wildman–Crippen LogP) is 3.49. The Balaban J connectivity index is 1.56. The zero-order valence-corrected chi connectivity index (χ0v) is 18.5. The maximum absolute atomic E-state index is 13.2. The highest BCUT2D eigenvalue weighted by Gasteiger charge is 2.33. The van der Waals surface area contributed by atoms with Gasteiger partial charge in [0.15, 0.2) is 5.17 Å². The minimum absolute atomic E-state index is 0.104. The maximum atomic E-state index is 13.2. The second-order valence-corrected chi connectivity index (χ2v) is 8.31. The lowest BCUT2D eigenvalue weighted by Crippen LogP contribution is -2.28. The van der Waals surface area contributed by atoms with E-state index in [-0.39, 0.29) is 5.91 Å². The lowest BCUT2D eigenvalue weighted by Gasteiger charge is -2.15. The van der Waals surface area contributed by atoms with E-state index in [0.717, 1.165) is 16.7 Å². The molecule has 166 valence electrons. The zero-order chi connectivity index (χ0) is 23.0. The number of amides is 1. The second-order valence-electron chi connectivity index (χ2n) is 7.30. The minimum atomic E-state index is -1.28. The van der Waals surface area contributed by atoms with Crippen molar-refractivity contribution in [3.8, 4) is 5.75 Å². The number of rotatable bonds is 8. The summed E-state index contributed by atoms with van der Waals surface area (Å²) in [4.78, 5) is 30.8. The Morgan fingerprint density at radius 2 is 1.58 bits per heavy atom. The summed E-state index contributed by atoms with van der Waals surface area (Å²) in [5.74, 6) is -0.967. The van der Waals surface area contributed by atoms with E-state index in [0.29, 0.717) is 28.9 Å². The Bertz CT molecular complexity index is 1180. The van der Waals surface area contributed by atoms with E-state index in [1.165, 1.54) is 11.8 Å². The van der Waals surface area contributed by atoms with Gasteiger partial charge in [0.25, 0.3) is 5.91 Å². The fourth-order valence-electron chi connectivity index (χ4n) is 3.23. The largest absolute Gasteiger partial charge is 0.546 e. The number of carbonyl (C=O) groups excluding carboxylic acids is 2. The molecule has 6 nitrogen and oxygen atoms in total. The molecule has 1 aliphatic heterocycles. The van der Waals surface area contributed by atoms with Crippen molar-refractivity contribution < 1.29 is 19.4 Å². The molecule has 0 bridgehead atoms. The third kappa shape index (κ3) is 6.11. The monoisotopic (exact) mass is 457 g/mol. The van der Waals surface area contributed by atoms with E-state index < -0.39 is 12.6 Å². The molecule has 0 radical (unpaired) electrons. The summed E-state index contributed by atoms with van der Waals surface area (Å²) in [6, 6.07) is 26.6. The zero-order valence-electron chi connectivity index (χ0n) is 17.7. The summed E-state index contributed by atoms with van der Waals surface area (Å²) >= 11 is 1.35. The van der Waals surface area contributed by atoms with Crippen LogP contribution in [0.25, 0.3) is 6.08 Å². The standard InChI is InChI=1S/C26H22N2O4S/c29-24(30)18-32-22-13-11-19(12-14-22)15-23-25(31)28(17-21-9-5-2-6-10-21)26(33-23)27-16-20-7-3-1-4-8-20/h1-15H,16-18H2,(H,29,30)/p-1/b23-15-,27-26?. The van der Waals surface area contributed by atoms with Crippen LogP contribution in [0, 0.1) is 0 Å². The topological polar surface area (TPSA) is 82.0 Å². The van der Waals surface area contributed by atoms with Gasteiger partial charge in [0.2, 0.25) is 0 Å². The average molecular weight is 458 g/mol. The lowest BCUT2D eigenvalue weighted by molar-refractivity contribution is -0.307. The number of carboxylic acids is 1. The molecule has 1 amide bonds. The SMILES string of the molecule is O=C([O-])COc1ccc(/C=C2\SC(=NCc3ccccc3)N(Cc3ccccc3)C2=O)cc1. The Morgan fingerprint density at radius 1 is 0.939 bits per heavy atom. The first-order valence-electron chi connectivity index (χ1n) is 10.3. The molecule has 0 aromatic heterocycles. The molecular formula is C26H21N2O4S-. The number of hydrogen-bond acceptors (Lipinski definition) is 6. The number of aliphatic carboxylic acids is 1. The Labute approximate surface area is 196 Å². The van der Waals surface area contributed by atoms with Crippen molar-refractivity contribution in [1.29, 1.82) is 0 Å². The van der Waals surface area contributed by atoms with Gasteiger partial charge in [-0.15, -0.1) is 0 Å². The average Bonchev–Trinajstić information content (AvgIpc) is 3.12. The summed E-state index contributed by atoms with van der Waals surface area (Å²) < 4.78 is 5.11. The Hall–Kier alpha value is -3.84. The Morgan fingerprint density at radius 3 is 2.21 bits per heavy atom. The molecule has 1 aliphatic rings. The van der Waals surface area contributed by atoms with Crippen molar-refractivity contribution in [2.45, 2.75) is 13.1 Å². The smallest absolute Gasteiger partial charge is 0.267 e. The van der Waals surface area contributed by atoms with Crippen molar-refractivity contribution in [3.05, 3.63) is 107 Å². The summed E-state index contributed by atoms with van der Waals surface area (Å²) in [5, 5.41) is 11.2. The lowest BCUT2D eigenvalue weighted by atomic mass is 10.2. The van der Waals surface area contributed by atoms with Crippen LogP contribution in [0.1, 0.15) is 16.7 Å². The third-order valence-electron chi connectivity index (χ3n) is 4.85. The van der Waals surface area contributed by atoms with Gasteiger partial charge in [-0.3, -0.25) is 14.7 Å². The van der Waals surface area contributed by atoms with Gasteiger partial charge in [-0.2, -0.15) is 0 Å². The molecule has 33 heavy (non-hydrogen) atoms. The first kappa shape index (κ1) is 22.4. The van der Waals surface area contributed by atoms with Crippen molar-refractivity contribution in [2.75, 3.05) is 6.61 Å². The van der Waals surface area contributed by atoms with Crippen LogP contribution < -0.4 is 9.84 Å². The van der Waals surface area contributed by atoms with Gasteiger partial charge in [0.05, 0.1) is 24.0 Å². The van der Waals surface area contributed by atoms with Crippen molar-refractivity contribution in [3.63, 3.8) is 0 Å². The molecule has 3 aromatic carbocycles. The van der Waals surface area contributed by atoms with E-state index in [4.69, 9.17) is 9.73 Å². The molecule has 3 aromatic rings. The van der Waals surface area contributed by atoms with Gasteiger partial charge in [-0.1, -0.05) is 72.8 Å². The van der Waals surface area contributed by atoms with Gasteiger partial charge in [-0.05, 0) is 46.7 Å². The predicted molar refractivity (Wildman–Crippen MR) is 127 cm³/mol. The first-order valence-corrected chi connectivity index (χ1v) is 11.2. The van der Waals surface area contributed by atoms with Gasteiger partial charge >= 0.3 is 0 Å². The van der Waals surface area contributed by atoms with Crippen LogP contribution in [0.3, 0.4) is 0 Å². The Kier molecular flexibility index (Phi) is 7.22. The van der Waals surface area contributed by atoms with Gasteiger partial charge in [0, 0.05) is 0 Å². The molecule has 1 fully saturated rings. The molecule has 4 rings (SSSR count). The molecule has 0 spiro atoms. The van der Waals surface area contributed by atoms with Crippen LogP contribution in [0.15, 0.2) is 94.8 Å². The molecule has 0 atom stereocenters. The summed E-state index contributed by atoms with van der Waals surface area (Å²) in [6.07, 6.45) is 1.80. The van der Waals surface area contributed by atoms with E-state index >= 15 is 0 Å². The number of ether oxygens (including phenoxy) is 1. The highest BCUT2D eigenvalue weighted by atomic mass is 32.2. The number of aliphatic imine (C=N–C) groups is 1. The summed E-state index contributed by atoms with van der Waals surface area (Å²) in [5.41, 5.74) is 2.90. The van der Waals surface area contributed by atoms with E-state index in [2.05, 4.69) is 0 Å². The number of carboxylic acid groups (broad SMARTS) is 1. The number of hydrogen-bond donors (Lipinski definition) is 0. The van der Waals surface area contributed by atoms with E-state index in [1.807, 2.05) is 60.7 Å². The van der Waals surface area contributed by atoms with Gasteiger partial charge in [0.1, 0.15) is 12.4 Å². The maximum Gasteiger partial charge on any atom is 0.267 e. The molecule has 0 N–H and O–H groups in total. The van der Waals surface area contributed by atoms with Crippen molar-refractivity contribution in [2.24, 2.45) is 4.99 Å².